The Balaban J connectivity index is 1.64. The van der Waals surface area contributed by atoms with Crippen LogP contribution in [0.2, 0.25) is 0 Å². The molecule has 0 radical (unpaired) electrons. The van der Waals surface area contributed by atoms with Crippen molar-refractivity contribution in [1.29, 1.82) is 0 Å². The van der Waals surface area contributed by atoms with Gasteiger partial charge in [0.2, 0.25) is 11.8 Å². The number of likely N-dealkylation sites (tertiary alicyclic amines) is 2. The Kier molecular flexibility index (Phi) is 3.05. The van der Waals surface area contributed by atoms with Crippen molar-refractivity contribution >= 4 is 17.8 Å². The third kappa shape index (κ3) is 2.04. The topological polar surface area (TPSA) is 77.9 Å². The summed E-state index contributed by atoms with van der Waals surface area (Å²) in [5, 5.41) is 8.85. The highest BCUT2D eigenvalue weighted by atomic mass is 16.4. The third-order valence-electron chi connectivity index (χ3n) is 4.55. The van der Waals surface area contributed by atoms with E-state index in [1.54, 1.807) is 0 Å². The average molecular weight is 266 g/mol. The van der Waals surface area contributed by atoms with Crippen LogP contribution in [0.25, 0.3) is 0 Å². The maximum Gasteiger partial charge on any atom is 0.309 e. The highest BCUT2D eigenvalue weighted by molar-refractivity contribution is 6.06. The number of carbonyl (C=O) groups excluding carboxylic acids is 2. The molecule has 0 aromatic carbocycles. The van der Waals surface area contributed by atoms with Crippen LogP contribution in [0.3, 0.4) is 0 Å². The molecule has 1 unspecified atom stereocenters. The van der Waals surface area contributed by atoms with Crippen LogP contribution >= 0.6 is 0 Å². The van der Waals surface area contributed by atoms with Crippen molar-refractivity contribution in [2.45, 2.75) is 44.2 Å². The highest BCUT2D eigenvalue weighted by Gasteiger charge is 2.49. The van der Waals surface area contributed by atoms with E-state index in [4.69, 9.17) is 5.11 Å². The van der Waals surface area contributed by atoms with E-state index in [1.807, 2.05) is 4.90 Å². The van der Waals surface area contributed by atoms with Gasteiger partial charge in [-0.15, -0.1) is 0 Å². The lowest BCUT2D eigenvalue weighted by Crippen LogP contribution is -2.57. The van der Waals surface area contributed by atoms with Gasteiger partial charge in [0.1, 0.15) is 0 Å². The molecule has 1 N–H and O–H groups in total. The van der Waals surface area contributed by atoms with E-state index in [-0.39, 0.29) is 30.2 Å². The molecule has 6 heteroatoms. The van der Waals surface area contributed by atoms with Gasteiger partial charge in [-0.05, 0) is 12.8 Å². The van der Waals surface area contributed by atoms with E-state index in [9.17, 15) is 14.4 Å². The molecule has 0 bridgehead atoms. The molecule has 0 aromatic rings. The number of carbonyl (C=O) groups is 3. The van der Waals surface area contributed by atoms with Gasteiger partial charge >= 0.3 is 5.97 Å². The molecule has 0 spiro atoms. The second-order valence-electron chi connectivity index (χ2n) is 5.75. The third-order valence-corrected chi connectivity index (χ3v) is 4.55. The zero-order valence-electron chi connectivity index (χ0n) is 10.7. The van der Waals surface area contributed by atoms with Crippen LogP contribution in [0.15, 0.2) is 0 Å². The Labute approximate surface area is 111 Å². The molecule has 19 heavy (non-hydrogen) atoms. The van der Waals surface area contributed by atoms with E-state index in [0.717, 1.165) is 25.7 Å². The normalized spacial score (nSPS) is 30.1. The minimum absolute atomic E-state index is 0.0827. The van der Waals surface area contributed by atoms with Gasteiger partial charge in [0.15, 0.2) is 0 Å². The summed E-state index contributed by atoms with van der Waals surface area (Å²) >= 11 is 0. The molecule has 1 aliphatic carbocycles. The molecule has 2 aliphatic heterocycles. The van der Waals surface area contributed by atoms with Gasteiger partial charge < -0.3 is 5.11 Å². The van der Waals surface area contributed by atoms with Crippen LogP contribution in [-0.4, -0.2) is 57.9 Å². The largest absolute Gasteiger partial charge is 0.481 e. The van der Waals surface area contributed by atoms with Gasteiger partial charge in [-0.1, -0.05) is 12.8 Å². The van der Waals surface area contributed by atoms with Crippen molar-refractivity contribution in [2.75, 3.05) is 13.1 Å². The maximum atomic E-state index is 12.3. The summed E-state index contributed by atoms with van der Waals surface area (Å²) in [6.45, 7) is 0.773. The first kappa shape index (κ1) is 12.6. The highest BCUT2D eigenvalue weighted by Crippen LogP contribution is 2.32. The number of rotatable bonds is 3. The Morgan fingerprint density at radius 3 is 2.37 bits per heavy atom. The van der Waals surface area contributed by atoms with Crippen molar-refractivity contribution in [3.8, 4) is 0 Å². The van der Waals surface area contributed by atoms with E-state index in [0.29, 0.717) is 13.1 Å². The van der Waals surface area contributed by atoms with Crippen molar-refractivity contribution < 1.29 is 19.5 Å². The molecule has 3 aliphatic rings. The van der Waals surface area contributed by atoms with Gasteiger partial charge in [-0.3, -0.25) is 24.2 Å². The molecule has 2 saturated heterocycles. The van der Waals surface area contributed by atoms with Gasteiger partial charge in [-0.2, -0.15) is 0 Å². The number of hydrogen-bond donors (Lipinski definition) is 1. The van der Waals surface area contributed by atoms with Crippen LogP contribution in [0.5, 0.6) is 0 Å². The summed E-state index contributed by atoms with van der Waals surface area (Å²) in [7, 11) is 0. The van der Waals surface area contributed by atoms with Crippen LogP contribution in [-0.2, 0) is 14.4 Å². The predicted molar refractivity (Wildman–Crippen MR) is 65.2 cm³/mol. The second kappa shape index (κ2) is 4.59. The molecule has 3 rings (SSSR count). The summed E-state index contributed by atoms with van der Waals surface area (Å²) in [6, 6.07) is -0.328. The number of nitrogens with zero attached hydrogens (tertiary/aromatic N) is 2. The van der Waals surface area contributed by atoms with E-state index in [1.165, 1.54) is 4.90 Å². The van der Waals surface area contributed by atoms with Crippen LogP contribution in [0.1, 0.15) is 32.1 Å². The fourth-order valence-electron chi connectivity index (χ4n) is 3.39. The summed E-state index contributed by atoms with van der Waals surface area (Å²) < 4.78 is 0. The minimum atomic E-state index is -0.819. The number of amides is 2. The molecule has 104 valence electrons. The zero-order valence-corrected chi connectivity index (χ0v) is 10.7. The second-order valence-corrected chi connectivity index (χ2v) is 5.75. The molecular formula is C13H18N2O4. The quantitative estimate of drug-likeness (QED) is 0.732. The van der Waals surface area contributed by atoms with Crippen LogP contribution in [0, 0.1) is 5.92 Å². The molecule has 0 aromatic heterocycles. The van der Waals surface area contributed by atoms with E-state index >= 15 is 0 Å². The number of imide groups is 1. The number of hydrogen-bond acceptors (Lipinski definition) is 4. The lowest BCUT2D eigenvalue weighted by molar-refractivity contribution is -0.152. The fourth-order valence-corrected chi connectivity index (χ4v) is 3.39. The SMILES string of the molecule is O=C(O)C1CN(C2CC(=O)N(C3CCCC3)C2=O)C1. The monoisotopic (exact) mass is 266 g/mol. The summed E-state index contributed by atoms with van der Waals surface area (Å²) in [5.41, 5.74) is 0. The van der Waals surface area contributed by atoms with Crippen molar-refractivity contribution in [1.82, 2.24) is 9.80 Å². The number of carboxylic acid groups (broad SMARTS) is 1. The summed E-state index contributed by atoms with van der Waals surface area (Å²) in [5.74, 6) is -1.40. The Hall–Kier alpha value is -1.43. The number of carboxylic acids is 1. The molecular weight excluding hydrogens is 248 g/mol. The average Bonchev–Trinajstić information content (AvgIpc) is 2.86. The van der Waals surface area contributed by atoms with Gasteiger partial charge in [-0.25, -0.2) is 0 Å². The van der Waals surface area contributed by atoms with Crippen molar-refractivity contribution in [3.05, 3.63) is 0 Å². The van der Waals surface area contributed by atoms with E-state index in [2.05, 4.69) is 0 Å². The zero-order chi connectivity index (χ0) is 13.6. The Morgan fingerprint density at radius 2 is 1.79 bits per heavy atom. The standard InChI is InChI=1S/C13H18N2O4/c16-11-5-10(14-6-8(7-14)13(18)19)12(17)15(11)9-3-1-2-4-9/h8-10H,1-7H2,(H,18,19). The molecule has 1 atom stereocenters. The first-order valence-electron chi connectivity index (χ1n) is 6.90. The van der Waals surface area contributed by atoms with Crippen molar-refractivity contribution in [3.63, 3.8) is 0 Å². The Morgan fingerprint density at radius 1 is 1.16 bits per heavy atom. The minimum Gasteiger partial charge on any atom is -0.481 e. The molecule has 1 saturated carbocycles. The van der Waals surface area contributed by atoms with Crippen LogP contribution < -0.4 is 0 Å². The van der Waals surface area contributed by atoms with Crippen molar-refractivity contribution in [2.24, 2.45) is 5.92 Å². The van der Waals surface area contributed by atoms with Crippen LogP contribution in [0.4, 0.5) is 0 Å². The first-order valence-corrected chi connectivity index (χ1v) is 6.90. The Bertz CT molecular complexity index is 424. The molecule has 6 nitrogen and oxygen atoms in total. The molecule has 2 heterocycles. The van der Waals surface area contributed by atoms with Gasteiger partial charge in [0.05, 0.1) is 18.4 Å². The summed E-state index contributed by atoms with van der Waals surface area (Å²) in [6.07, 6.45) is 4.22. The lowest BCUT2D eigenvalue weighted by Gasteiger charge is -2.39. The molecule has 2 amide bonds. The van der Waals surface area contributed by atoms with Gasteiger partial charge in [0, 0.05) is 19.1 Å². The van der Waals surface area contributed by atoms with Gasteiger partial charge in [0.25, 0.3) is 0 Å². The summed E-state index contributed by atoms with van der Waals surface area (Å²) in [4.78, 5) is 38.4. The lowest BCUT2D eigenvalue weighted by atomic mass is 9.97. The predicted octanol–water partition coefficient (Wildman–Crippen LogP) is 0.0729. The first-order chi connectivity index (χ1) is 9.08. The molecule has 3 fully saturated rings. The fraction of sp³-hybridized carbons (Fsp3) is 0.769. The number of aliphatic carboxylic acids is 1. The smallest absolute Gasteiger partial charge is 0.309 e. The van der Waals surface area contributed by atoms with E-state index < -0.39 is 12.0 Å². The maximum absolute atomic E-state index is 12.3.